The van der Waals surface area contributed by atoms with E-state index >= 15 is 0 Å². The molecule has 142 valence electrons. The van der Waals surface area contributed by atoms with E-state index in [-0.39, 0.29) is 11.7 Å². The molecule has 1 unspecified atom stereocenters. The molecular weight excluding hydrogens is 360 g/mol. The van der Waals surface area contributed by atoms with E-state index in [2.05, 4.69) is 13.0 Å². The highest BCUT2D eigenvalue weighted by Gasteiger charge is 2.28. The van der Waals surface area contributed by atoms with Crippen LogP contribution in [0.1, 0.15) is 35.7 Å². The summed E-state index contributed by atoms with van der Waals surface area (Å²) in [6, 6.07) is 15.0. The van der Waals surface area contributed by atoms with Crippen LogP contribution in [0.3, 0.4) is 0 Å². The Morgan fingerprint density at radius 3 is 2.52 bits per heavy atom. The van der Waals surface area contributed by atoms with Crippen molar-refractivity contribution in [1.82, 2.24) is 0 Å². The number of sulfonamides is 1. The first kappa shape index (κ1) is 18.0. The Morgan fingerprint density at radius 1 is 1.04 bits per heavy atom. The molecule has 4 rings (SSSR count). The molecule has 1 atom stereocenters. The van der Waals surface area contributed by atoms with Crippen molar-refractivity contribution >= 4 is 27.3 Å². The molecule has 2 aliphatic heterocycles. The van der Waals surface area contributed by atoms with E-state index in [1.807, 2.05) is 23.1 Å². The molecule has 0 spiro atoms. The molecule has 0 bridgehead atoms. The van der Waals surface area contributed by atoms with Crippen LogP contribution in [0, 0.1) is 5.92 Å². The maximum atomic E-state index is 13.1. The van der Waals surface area contributed by atoms with Crippen molar-refractivity contribution in [2.45, 2.75) is 26.2 Å². The number of rotatable bonds is 2. The van der Waals surface area contributed by atoms with Crippen molar-refractivity contribution in [3.8, 4) is 0 Å². The van der Waals surface area contributed by atoms with Crippen LogP contribution in [-0.4, -0.2) is 33.2 Å². The predicted molar refractivity (Wildman–Crippen MR) is 108 cm³/mol. The monoisotopic (exact) mass is 384 g/mol. The second-order valence-electron chi connectivity index (χ2n) is 7.50. The molecule has 1 amide bonds. The predicted octanol–water partition coefficient (Wildman–Crippen LogP) is 3.46. The average molecular weight is 385 g/mol. The Balaban J connectivity index is 1.60. The van der Waals surface area contributed by atoms with Gasteiger partial charge >= 0.3 is 0 Å². The Bertz CT molecular complexity index is 954. The van der Waals surface area contributed by atoms with Crippen LogP contribution in [-0.2, 0) is 16.4 Å². The summed E-state index contributed by atoms with van der Waals surface area (Å²) in [4.78, 5) is 15.0. The van der Waals surface area contributed by atoms with Crippen LogP contribution in [0.2, 0.25) is 0 Å². The van der Waals surface area contributed by atoms with Gasteiger partial charge in [0.25, 0.3) is 5.91 Å². The Labute approximate surface area is 160 Å². The van der Waals surface area contributed by atoms with Gasteiger partial charge in [-0.3, -0.25) is 9.10 Å². The van der Waals surface area contributed by atoms with Gasteiger partial charge in [-0.2, -0.15) is 0 Å². The first-order chi connectivity index (χ1) is 13.0. The summed E-state index contributed by atoms with van der Waals surface area (Å²) in [5.41, 5.74) is 3.39. The van der Waals surface area contributed by atoms with E-state index in [4.69, 9.17) is 0 Å². The quantitative estimate of drug-likeness (QED) is 0.797. The zero-order valence-corrected chi connectivity index (χ0v) is 16.3. The summed E-state index contributed by atoms with van der Waals surface area (Å²) in [7, 11) is -3.24. The van der Waals surface area contributed by atoms with Crippen molar-refractivity contribution in [3.63, 3.8) is 0 Å². The zero-order chi connectivity index (χ0) is 19.0. The molecule has 0 aromatic heterocycles. The zero-order valence-electron chi connectivity index (χ0n) is 15.5. The standard InChI is InChI=1S/C21H24N2O3S/c1-16-14-18-6-2-3-7-20(18)22(15-16)21(24)17-8-10-19(11-9-17)23-12-4-5-13-27(23,25)26/h2-3,6-11,16H,4-5,12-15H2,1H3. The molecule has 2 aliphatic rings. The first-order valence-corrected chi connectivity index (χ1v) is 11.1. The minimum atomic E-state index is -3.24. The van der Waals surface area contributed by atoms with Gasteiger partial charge in [0.05, 0.1) is 11.4 Å². The number of hydrogen-bond donors (Lipinski definition) is 0. The molecule has 1 saturated heterocycles. The topological polar surface area (TPSA) is 57.7 Å². The molecule has 0 aliphatic carbocycles. The smallest absolute Gasteiger partial charge is 0.258 e. The number of benzene rings is 2. The summed E-state index contributed by atoms with van der Waals surface area (Å²) in [5.74, 6) is 0.555. The molecular formula is C21H24N2O3S. The number of carbonyl (C=O) groups is 1. The summed E-state index contributed by atoms with van der Waals surface area (Å²) < 4.78 is 26.0. The molecule has 2 heterocycles. The van der Waals surface area contributed by atoms with Gasteiger partial charge in [0.1, 0.15) is 0 Å². The van der Waals surface area contributed by atoms with E-state index in [0.717, 1.165) is 18.5 Å². The van der Waals surface area contributed by atoms with Gasteiger partial charge in [0, 0.05) is 24.3 Å². The molecule has 0 N–H and O–H groups in total. The Morgan fingerprint density at radius 2 is 1.78 bits per heavy atom. The molecule has 2 aromatic carbocycles. The SMILES string of the molecule is CC1Cc2ccccc2N(C(=O)c2ccc(N3CCCCS3(=O)=O)cc2)C1. The van der Waals surface area contributed by atoms with Gasteiger partial charge in [-0.25, -0.2) is 8.42 Å². The lowest BCUT2D eigenvalue weighted by Gasteiger charge is -2.33. The lowest BCUT2D eigenvalue weighted by atomic mass is 9.93. The Kier molecular flexibility index (Phi) is 4.68. The number of hydrogen-bond acceptors (Lipinski definition) is 3. The van der Waals surface area contributed by atoms with E-state index in [1.165, 1.54) is 9.87 Å². The Hall–Kier alpha value is -2.34. The normalized spacial score (nSPS) is 21.6. The summed E-state index contributed by atoms with van der Waals surface area (Å²) >= 11 is 0. The highest BCUT2D eigenvalue weighted by Crippen LogP contribution is 2.31. The molecule has 1 fully saturated rings. The van der Waals surface area contributed by atoms with Crippen LogP contribution >= 0.6 is 0 Å². The van der Waals surface area contributed by atoms with E-state index in [0.29, 0.717) is 36.7 Å². The van der Waals surface area contributed by atoms with Gasteiger partial charge in [-0.05, 0) is 61.1 Å². The minimum Gasteiger partial charge on any atom is -0.308 e. The minimum absolute atomic E-state index is 0.0398. The lowest BCUT2D eigenvalue weighted by Crippen LogP contribution is -2.39. The fourth-order valence-electron chi connectivity index (χ4n) is 3.99. The fraction of sp³-hybridized carbons (Fsp3) is 0.381. The molecule has 6 heteroatoms. The van der Waals surface area contributed by atoms with Crippen molar-refractivity contribution in [2.75, 3.05) is 28.0 Å². The lowest BCUT2D eigenvalue weighted by molar-refractivity contribution is 0.0981. The van der Waals surface area contributed by atoms with Crippen LogP contribution < -0.4 is 9.21 Å². The summed E-state index contributed by atoms with van der Waals surface area (Å²) in [5, 5.41) is 0. The second-order valence-corrected chi connectivity index (χ2v) is 9.51. The van der Waals surface area contributed by atoms with Gasteiger partial charge in [0.15, 0.2) is 0 Å². The summed E-state index contributed by atoms with van der Waals surface area (Å²) in [6.45, 7) is 3.35. The van der Waals surface area contributed by atoms with Crippen LogP contribution in [0.4, 0.5) is 11.4 Å². The average Bonchev–Trinajstić information content (AvgIpc) is 2.66. The number of fused-ring (bicyclic) bond motifs is 1. The summed E-state index contributed by atoms with van der Waals surface area (Å²) in [6.07, 6.45) is 2.55. The molecule has 5 nitrogen and oxygen atoms in total. The fourth-order valence-corrected chi connectivity index (χ4v) is 5.63. The number of amides is 1. The molecule has 2 aromatic rings. The van der Waals surface area contributed by atoms with Crippen LogP contribution in [0.15, 0.2) is 48.5 Å². The second kappa shape index (κ2) is 7.00. The molecule has 0 saturated carbocycles. The number of carbonyl (C=O) groups excluding carboxylic acids is 1. The molecule has 27 heavy (non-hydrogen) atoms. The first-order valence-electron chi connectivity index (χ1n) is 9.46. The highest BCUT2D eigenvalue weighted by atomic mass is 32.2. The van der Waals surface area contributed by atoms with Crippen molar-refractivity contribution in [3.05, 3.63) is 59.7 Å². The third-order valence-electron chi connectivity index (χ3n) is 5.34. The number of nitrogens with zero attached hydrogens (tertiary/aromatic N) is 2. The third kappa shape index (κ3) is 3.46. The van der Waals surface area contributed by atoms with Crippen molar-refractivity contribution in [2.24, 2.45) is 5.92 Å². The number of para-hydroxylation sites is 1. The van der Waals surface area contributed by atoms with Crippen molar-refractivity contribution < 1.29 is 13.2 Å². The van der Waals surface area contributed by atoms with Gasteiger partial charge in [0.2, 0.25) is 10.0 Å². The van der Waals surface area contributed by atoms with Gasteiger partial charge in [-0.1, -0.05) is 25.1 Å². The maximum absolute atomic E-state index is 13.1. The van der Waals surface area contributed by atoms with Crippen LogP contribution in [0.5, 0.6) is 0 Å². The van der Waals surface area contributed by atoms with Gasteiger partial charge < -0.3 is 4.90 Å². The van der Waals surface area contributed by atoms with Gasteiger partial charge in [-0.15, -0.1) is 0 Å². The van der Waals surface area contributed by atoms with E-state index < -0.39 is 10.0 Å². The number of anilines is 2. The van der Waals surface area contributed by atoms with Crippen LogP contribution in [0.25, 0.3) is 0 Å². The third-order valence-corrected chi connectivity index (χ3v) is 7.21. The van der Waals surface area contributed by atoms with E-state index in [1.54, 1.807) is 24.3 Å². The largest absolute Gasteiger partial charge is 0.308 e. The van der Waals surface area contributed by atoms with E-state index in [9.17, 15) is 13.2 Å². The van der Waals surface area contributed by atoms with Crippen molar-refractivity contribution in [1.29, 1.82) is 0 Å². The highest BCUT2D eigenvalue weighted by molar-refractivity contribution is 7.92. The maximum Gasteiger partial charge on any atom is 0.258 e. The molecule has 0 radical (unpaired) electrons.